The lowest BCUT2D eigenvalue weighted by atomic mass is 10.0. The fourth-order valence-electron chi connectivity index (χ4n) is 2.23. The van der Waals surface area contributed by atoms with Crippen molar-refractivity contribution in [2.75, 3.05) is 24.7 Å². The van der Waals surface area contributed by atoms with Gasteiger partial charge in [-0.05, 0) is 31.0 Å². The van der Waals surface area contributed by atoms with Crippen LogP contribution in [-0.4, -0.2) is 36.7 Å². The zero-order valence-corrected chi connectivity index (χ0v) is 11.7. The molecule has 1 amide bonds. The summed E-state index contributed by atoms with van der Waals surface area (Å²) in [6, 6.07) is 6.64. The molecule has 0 aromatic heterocycles. The summed E-state index contributed by atoms with van der Waals surface area (Å²) >= 11 is 5.91. The number of anilines is 1. The lowest BCUT2D eigenvalue weighted by Gasteiger charge is -2.28. The van der Waals surface area contributed by atoms with E-state index in [-0.39, 0.29) is 18.4 Å². The maximum atomic E-state index is 12.5. The van der Waals surface area contributed by atoms with E-state index in [0.717, 1.165) is 12.8 Å². The molecule has 1 N–H and O–H groups in total. The molecule has 1 unspecified atom stereocenters. The molecule has 1 saturated heterocycles. The second-order valence-corrected chi connectivity index (χ2v) is 5.15. The zero-order chi connectivity index (χ0) is 14.5. The Morgan fingerprint density at radius 2 is 2.25 bits per heavy atom. The van der Waals surface area contributed by atoms with Gasteiger partial charge in [0, 0.05) is 17.3 Å². The summed E-state index contributed by atoms with van der Waals surface area (Å²) in [5, 5.41) is 9.47. The second kappa shape index (κ2) is 6.72. The molecule has 1 atom stereocenters. The number of carboxylic acids is 1. The Bertz CT molecular complexity index is 500. The molecule has 5 nitrogen and oxygen atoms in total. The molecule has 0 aliphatic carbocycles. The number of hydrogen-bond donors (Lipinski definition) is 1. The fraction of sp³-hybridized carbons (Fsp3) is 0.429. The van der Waals surface area contributed by atoms with E-state index in [9.17, 15) is 9.59 Å². The maximum Gasteiger partial charge on any atom is 0.323 e. The molecule has 0 saturated carbocycles. The molecule has 0 radical (unpaired) electrons. The summed E-state index contributed by atoms with van der Waals surface area (Å²) in [7, 11) is 0. The molecular weight excluding hydrogens is 282 g/mol. The maximum absolute atomic E-state index is 12.5. The van der Waals surface area contributed by atoms with Crippen molar-refractivity contribution < 1.29 is 19.4 Å². The van der Waals surface area contributed by atoms with Gasteiger partial charge in [-0.1, -0.05) is 17.7 Å². The van der Waals surface area contributed by atoms with Crippen LogP contribution in [0, 0.1) is 5.92 Å². The molecule has 1 aliphatic heterocycles. The van der Waals surface area contributed by atoms with Crippen LogP contribution in [0.1, 0.15) is 12.8 Å². The molecule has 1 fully saturated rings. The number of nitrogens with zero attached hydrogens (tertiary/aromatic N) is 1. The molecule has 1 heterocycles. The molecule has 2 rings (SSSR count). The van der Waals surface area contributed by atoms with Gasteiger partial charge in [0.1, 0.15) is 6.54 Å². The van der Waals surface area contributed by atoms with E-state index < -0.39 is 5.97 Å². The number of carboxylic acid groups (broad SMARTS) is 1. The van der Waals surface area contributed by atoms with Crippen molar-refractivity contribution in [1.82, 2.24) is 0 Å². The number of benzene rings is 1. The molecular formula is C14H16ClNO4. The van der Waals surface area contributed by atoms with Crippen LogP contribution in [0.4, 0.5) is 5.69 Å². The van der Waals surface area contributed by atoms with E-state index >= 15 is 0 Å². The number of aliphatic carboxylic acids is 1. The van der Waals surface area contributed by atoms with Crippen LogP contribution < -0.4 is 4.90 Å². The normalized spacial score (nSPS) is 18.6. The van der Waals surface area contributed by atoms with Gasteiger partial charge in [-0.3, -0.25) is 9.59 Å². The van der Waals surface area contributed by atoms with E-state index in [0.29, 0.717) is 23.9 Å². The van der Waals surface area contributed by atoms with E-state index in [4.69, 9.17) is 21.4 Å². The first-order chi connectivity index (χ1) is 9.58. The Balaban J connectivity index is 2.22. The third-order valence-electron chi connectivity index (χ3n) is 3.19. The van der Waals surface area contributed by atoms with Crippen LogP contribution in [0.15, 0.2) is 24.3 Å². The molecule has 1 aromatic carbocycles. The smallest absolute Gasteiger partial charge is 0.323 e. The first kappa shape index (κ1) is 14.8. The van der Waals surface area contributed by atoms with E-state index in [1.807, 2.05) is 0 Å². The number of ether oxygens (including phenoxy) is 1. The largest absolute Gasteiger partial charge is 0.480 e. The lowest BCUT2D eigenvalue weighted by Crippen LogP contribution is -2.42. The molecule has 6 heteroatoms. The minimum Gasteiger partial charge on any atom is -0.480 e. The van der Waals surface area contributed by atoms with Crippen LogP contribution >= 0.6 is 11.6 Å². The molecule has 1 aliphatic rings. The third kappa shape index (κ3) is 3.71. The average molecular weight is 298 g/mol. The van der Waals surface area contributed by atoms with Crippen molar-refractivity contribution in [2.45, 2.75) is 12.8 Å². The molecule has 0 bridgehead atoms. The summed E-state index contributed by atoms with van der Waals surface area (Å²) in [6.45, 7) is 0.616. The van der Waals surface area contributed by atoms with Gasteiger partial charge < -0.3 is 14.7 Å². The van der Waals surface area contributed by atoms with Gasteiger partial charge in [-0.25, -0.2) is 0 Å². The predicted octanol–water partition coefficient (Wildman–Crippen LogP) is 2.18. The number of amides is 1. The molecule has 20 heavy (non-hydrogen) atoms. The van der Waals surface area contributed by atoms with Crippen molar-refractivity contribution >= 4 is 29.2 Å². The van der Waals surface area contributed by atoms with Gasteiger partial charge >= 0.3 is 5.97 Å². The third-order valence-corrected chi connectivity index (χ3v) is 3.42. The number of hydrogen-bond acceptors (Lipinski definition) is 3. The van der Waals surface area contributed by atoms with E-state index in [1.165, 1.54) is 4.90 Å². The van der Waals surface area contributed by atoms with Crippen LogP contribution in [0.2, 0.25) is 5.02 Å². The van der Waals surface area contributed by atoms with Crippen LogP contribution in [0.25, 0.3) is 0 Å². The van der Waals surface area contributed by atoms with Gasteiger partial charge in [0.05, 0.1) is 12.5 Å². The van der Waals surface area contributed by atoms with Crippen molar-refractivity contribution in [3.63, 3.8) is 0 Å². The Morgan fingerprint density at radius 3 is 2.85 bits per heavy atom. The van der Waals surface area contributed by atoms with Crippen molar-refractivity contribution in [1.29, 1.82) is 0 Å². The second-order valence-electron chi connectivity index (χ2n) is 4.71. The van der Waals surface area contributed by atoms with Crippen LogP contribution in [0.3, 0.4) is 0 Å². The van der Waals surface area contributed by atoms with Gasteiger partial charge in [0.25, 0.3) is 0 Å². The number of rotatable bonds is 4. The van der Waals surface area contributed by atoms with Gasteiger partial charge in [-0.15, -0.1) is 0 Å². The summed E-state index contributed by atoms with van der Waals surface area (Å²) in [4.78, 5) is 24.7. The first-order valence-corrected chi connectivity index (χ1v) is 6.82. The van der Waals surface area contributed by atoms with Crippen molar-refractivity contribution in [3.8, 4) is 0 Å². The van der Waals surface area contributed by atoms with Gasteiger partial charge in [-0.2, -0.15) is 0 Å². The van der Waals surface area contributed by atoms with Crippen molar-refractivity contribution in [2.24, 2.45) is 5.92 Å². The highest BCUT2D eigenvalue weighted by atomic mass is 35.5. The number of carbonyl (C=O) groups is 2. The highest BCUT2D eigenvalue weighted by Gasteiger charge is 2.28. The summed E-state index contributed by atoms with van der Waals surface area (Å²) in [5.41, 5.74) is 0.496. The standard InChI is InChI=1S/C14H16ClNO4/c15-11-4-1-5-12(7-11)16(8-13(17)18)14(19)10-3-2-6-20-9-10/h1,4-5,7,10H,2-3,6,8-9H2,(H,17,18). The monoisotopic (exact) mass is 297 g/mol. The van der Waals surface area contributed by atoms with Crippen LogP contribution in [-0.2, 0) is 14.3 Å². The van der Waals surface area contributed by atoms with E-state index in [2.05, 4.69) is 0 Å². The van der Waals surface area contributed by atoms with Crippen molar-refractivity contribution in [3.05, 3.63) is 29.3 Å². The van der Waals surface area contributed by atoms with Gasteiger partial charge in [0.2, 0.25) is 5.91 Å². The quantitative estimate of drug-likeness (QED) is 0.925. The number of halogens is 1. The average Bonchev–Trinajstić information content (AvgIpc) is 2.45. The minimum absolute atomic E-state index is 0.227. The highest BCUT2D eigenvalue weighted by molar-refractivity contribution is 6.31. The molecule has 1 aromatic rings. The zero-order valence-electron chi connectivity index (χ0n) is 10.9. The summed E-state index contributed by atoms with van der Waals surface area (Å²) in [6.07, 6.45) is 1.53. The van der Waals surface area contributed by atoms with Crippen LogP contribution in [0.5, 0.6) is 0 Å². The Kier molecular flexibility index (Phi) is 4.98. The lowest BCUT2D eigenvalue weighted by molar-refractivity contribution is -0.137. The summed E-state index contributed by atoms with van der Waals surface area (Å²) < 4.78 is 5.30. The fourth-order valence-corrected chi connectivity index (χ4v) is 2.42. The first-order valence-electron chi connectivity index (χ1n) is 6.44. The minimum atomic E-state index is -1.06. The van der Waals surface area contributed by atoms with Gasteiger partial charge in [0.15, 0.2) is 0 Å². The SMILES string of the molecule is O=C(O)CN(C(=O)C1CCCOC1)c1cccc(Cl)c1. The molecule has 108 valence electrons. The predicted molar refractivity (Wildman–Crippen MR) is 75.0 cm³/mol. The topological polar surface area (TPSA) is 66.8 Å². The number of carbonyl (C=O) groups excluding carboxylic acids is 1. The highest BCUT2D eigenvalue weighted by Crippen LogP contribution is 2.24. The van der Waals surface area contributed by atoms with E-state index in [1.54, 1.807) is 24.3 Å². The Hall–Kier alpha value is -1.59. The Morgan fingerprint density at radius 1 is 1.45 bits per heavy atom. The molecule has 0 spiro atoms. The summed E-state index contributed by atoms with van der Waals surface area (Å²) in [5.74, 6) is -1.58. The Labute approximate surface area is 122 Å².